The van der Waals surface area contributed by atoms with E-state index >= 15 is 0 Å². The maximum absolute atomic E-state index is 5.23. The van der Waals surface area contributed by atoms with Gasteiger partial charge in [0, 0.05) is 56.0 Å². The Kier molecular flexibility index (Phi) is 7.45. The van der Waals surface area contributed by atoms with E-state index in [-0.39, 0.29) is 6.04 Å². The van der Waals surface area contributed by atoms with Gasteiger partial charge in [0.25, 0.3) is 0 Å². The number of fused-ring (bicyclic) bond motifs is 6. The molecule has 1 aliphatic heterocycles. The van der Waals surface area contributed by atoms with Gasteiger partial charge < -0.3 is 14.5 Å². The molecule has 0 spiro atoms. The predicted molar refractivity (Wildman–Crippen MR) is 228 cm³/mol. The zero-order chi connectivity index (χ0) is 37.0. The van der Waals surface area contributed by atoms with Crippen LogP contribution in [0, 0.1) is 0 Å². The fourth-order valence-corrected chi connectivity index (χ4v) is 8.20. The fraction of sp³-hybridized carbons (Fsp3) is 0.0200. The number of para-hydroxylation sites is 3. The maximum atomic E-state index is 5.23. The molecule has 6 nitrogen and oxygen atoms in total. The maximum Gasteiger partial charge on any atom is 0.156 e. The first-order valence-electron chi connectivity index (χ1n) is 18.9. The van der Waals surface area contributed by atoms with Gasteiger partial charge in [-0.25, -0.2) is 15.0 Å². The van der Waals surface area contributed by atoms with Crippen LogP contribution in [0.2, 0.25) is 0 Å². The highest BCUT2D eigenvalue weighted by atomic mass is 15.1. The summed E-state index contributed by atoms with van der Waals surface area (Å²) in [5.74, 6) is 1.46. The highest BCUT2D eigenvalue weighted by Crippen LogP contribution is 2.39. The van der Waals surface area contributed by atoms with E-state index in [1.165, 1.54) is 21.7 Å². The standard InChI is InChI=1S/C50H34N6/c1-4-15-33(16-5-1)43-32-44(34-17-6-2-7-18-34)53-50(52-43)46-41-24-10-12-25-42(41)51-49(54-46)36-19-14-22-38(31-36)56-45-26-13-11-23-39(45)40-28-27-35-29-30-55(47(35)48(40)56)37-20-8-3-9-21-37/h1-32,46H,(H,51,54). The molecule has 4 heterocycles. The van der Waals surface area contributed by atoms with E-state index in [2.05, 4.69) is 166 Å². The summed E-state index contributed by atoms with van der Waals surface area (Å²) in [6, 6.07) is 65.3. The molecule has 56 heavy (non-hydrogen) atoms. The van der Waals surface area contributed by atoms with Crippen molar-refractivity contribution in [3.05, 3.63) is 211 Å². The third kappa shape index (κ3) is 5.30. The Balaban J connectivity index is 1.08. The van der Waals surface area contributed by atoms with Crippen LogP contribution in [0.5, 0.6) is 0 Å². The van der Waals surface area contributed by atoms with Gasteiger partial charge in [-0.05, 0) is 48.5 Å². The van der Waals surface area contributed by atoms with Crippen LogP contribution in [0.4, 0.5) is 5.69 Å². The van der Waals surface area contributed by atoms with Gasteiger partial charge in [-0.3, -0.25) is 0 Å². The Hall–Kier alpha value is -7.57. The summed E-state index contributed by atoms with van der Waals surface area (Å²) in [7, 11) is 0. The van der Waals surface area contributed by atoms with Crippen LogP contribution in [0.25, 0.3) is 66.6 Å². The second-order valence-electron chi connectivity index (χ2n) is 14.1. The molecule has 3 aromatic heterocycles. The number of hydrogen-bond acceptors (Lipinski definition) is 4. The van der Waals surface area contributed by atoms with Crippen LogP contribution in [-0.4, -0.2) is 24.9 Å². The Morgan fingerprint density at radius 2 is 1.12 bits per heavy atom. The molecule has 11 rings (SSSR count). The van der Waals surface area contributed by atoms with E-state index < -0.39 is 0 Å². The monoisotopic (exact) mass is 718 g/mol. The molecule has 1 atom stereocenters. The first-order valence-corrected chi connectivity index (χ1v) is 18.9. The summed E-state index contributed by atoms with van der Waals surface area (Å²) in [5, 5.41) is 7.42. The third-order valence-electron chi connectivity index (χ3n) is 10.8. The van der Waals surface area contributed by atoms with Crippen molar-refractivity contribution in [2.75, 3.05) is 0 Å². The van der Waals surface area contributed by atoms with Crippen LogP contribution in [0.3, 0.4) is 0 Å². The second-order valence-corrected chi connectivity index (χ2v) is 14.1. The lowest BCUT2D eigenvalue weighted by molar-refractivity contribution is 0.695. The topological polar surface area (TPSA) is 60.0 Å². The van der Waals surface area contributed by atoms with Crippen molar-refractivity contribution in [2.24, 2.45) is 4.99 Å². The fourth-order valence-electron chi connectivity index (χ4n) is 8.20. The zero-order valence-corrected chi connectivity index (χ0v) is 30.3. The van der Waals surface area contributed by atoms with Crippen molar-refractivity contribution in [2.45, 2.75) is 6.04 Å². The number of aromatic nitrogens is 4. The van der Waals surface area contributed by atoms with Crippen LogP contribution < -0.4 is 5.32 Å². The van der Waals surface area contributed by atoms with E-state index in [4.69, 9.17) is 15.0 Å². The van der Waals surface area contributed by atoms with Crippen molar-refractivity contribution < 1.29 is 0 Å². The first-order chi connectivity index (χ1) is 27.8. The number of nitrogens with one attached hydrogen (secondary N) is 1. The van der Waals surface area contributed by atoms with Crippen molar-refractivity contribution in [3.63, 3.8) is 0 Å². The molecule has 0 aliphatic carbocycles. The number of rotatable bonds is 6. The van der Waals surface area contributed by atoms with Gasteiger partial charge in [0.2, 0.25) is 0 Å². The van der Waals surface area contributed by atoms with E-state index in [1.807, 2.05) is 42.5 Å². The summed E-state index contributed by atoms with van der Waals surface area (Å²) < 4.78 is 4.71. The molecule has 6 heteroatoms. The molecule has 10 aromatic rings. The van der Waals surface area contributed by atoms with Gasteiger partial charge in [0.1, 0.15) is 11.9 Å². The third-order valence-corrected chi connectivity index (χ3v) is 10.8. The molecule has 0 saturated heterocycles. The molecule has 1 unspecified atom stereocenters. The minimum absolute atomic E-state index is 0.338. The van der Waals surface area contributed by atoms with Crippen LogP contribution in [-0.2, 0) is 0 Å². The largest absolute Gasteiger partial charge is 0.356 e. The molecule has 7 aromatic carbocycles. The summed E-state index contributed by atoms with van der Waals surface area (Å²) in [4.78, 5) is 15.7. The van der Waals surface area contributed by atoms with Crippen LogP contribution in [0.1, 0.15) is 23.0 Å². The lowest BCUT2D eigenvalue weighted by atomic mass is 9.99. The minimum atomic E-state index is -0.338. The number of benzene rings is 7. The summed E-state index contributed by atoms with van der Waals surface area (Å²) in [6.45, 7) is 0. The SMILES string of the molecule is c1ccc(-c2cc(-c3ccccc3)nc(C3NC(c4cccc(-n5c6ccccc6c6ccc7ccn(-c8ccccc8)c7c65)c4)=Nc4ccccc43)n2)cc1. The van der Waals surface area contributed by atoms with Crippen molar-refractivity contribution in [3.8, 4) is 33.9 Å². The number of amidine groups is 1. The Labute approximate surface area is 323 Å². The quantitative estimate of drug-likeness (QED) is 0.186. The summed E-state index contributed by atoms with van der Waals surface area (Å²) in [5.41, 5.74) is 12.4. The van der Waals surface area contributed by atoms with Crippen LogP contribution in [0.15, 0.2) is 199 Å². The second kappa shape index (κ2) is 13.1. The summed E-state index contributed by atoms with van der Waals surface area (Å²) in [6.07, 6.45) is 2.17. The normalized spacial score (nSPS) is 13.8. The zero-order valence-electron chi connectivity index (χ0n) is 30.3. The van der Waals surface area contributed by atoms with E-state index in [0.717, 1.165) is 67.6 Å². The number of aliphatic imine (C=N–C) groups is 1. The first kappa shape index (κ1) is 31.9. The van der Waals surface area contributed by atoms with Gasteiger partial charge in [-0.15, -0.1) is 0 Å². The lowest BCUT2D eigenvalue weighted by Crippen LogP contribution is -2.34. The molecular weight excluding hydrogens is 685 g/mol. The Bertz CT molecular complexity index is 3050. The molecule has 264 valence electrons. The van der Waals surface area contributed by atoms with Crippen LogP contribution >= 0.6 is 0 Å². The Morgan fingerprint density at radius 1 is 0.482 bits per heavy atom. The van der Waals surface area contributed by atoms with Crippen molar-refractivity contribution in [1.82, 2.24) is 24.4 Å². The van der Waals surface area contributed by atoms with Crippen molar-refractivity contribution in [1.29, 1.82) is 0 Å². The van der Waals surface area contributed by atoms with E-state index in [9.17, 15) is 0 Å². The van der Waals surface area contributed by atoms with Gasteiger partial charge in [-0.1, -0.05) is 140 Å². The van der Waals surface area contributed by atoms with Gasteiger partial charge in [0.15, 0.2) is 5.82 Å². The average Bonchev–Trinajstić information content (AvgIpc) is 3.86. The van der Waals surface area contributed by atoms with E-state index in [1.54, 1.807) is 0 Å². The van der Waals surface area contributed by atoms with Gasteiger partial charge in [0.05, 0.1) is 33.6 Å². The number of hydrogen-bond donors (Lipinski definition) is 1. The molecule has 0 amide bonds. The smallest absolute Gasteiger partial charge is 0.156 e. The highest BCUT2D eigenvalue weighted by molar-refractivity contribution is 6.18. The Morgan fingerprint density at radius 3 is 1.89 bits per heavy atom. The molecule has 0 bridgehead atoms. The number of nitrogens with zero attached hydrogens (tertiary/aromatic N) is 5. The highest BCUT2D eigenvalue weighted by Gasteiger charge is 2.28. The minimum Gasteiger partial charge on any atom is -0.356 e. The average molecular weight is 719 g/mol. The van der Waals surface area contributed by atoms with Crippen molar-refractivity contribution >= 4 is 44.2 Å². The molecular formula is C50H34N6. The molecule has 1 N–H and O–H groups in total. The molecule has 1 aliphatic rings. The summed E-state index contributed by atoms with van der Waals surface area (Å²) >= 11 is 0. The van der Waals surface area contributed by atoms with Gasteiger partial charge in [-0.2, -0.15) is 0 Å². The van der Waals surface area contributed by atoms with Gasteiger partial charge >= 0.3 is 0 Å². The van der Waals surface area contributed by atoms with E-state index in [0.29, 0.717) is 5.82 Å². The molecule has 0 fully saturated rings. The lowest BCUT2D eigenvalue weighted by Gasteiger charge is -2.27. The molecule has 0 saturated carbocycles. The molecule has 0 radical (unpaired) electrons. The predicted octanol–water partition coefficient (Wildman–Crippen LogP) is 11.6.